The van der Waals surface area contributed by atoms with Gasteiger partial charge in [0.25, 0.3) is 0 Å². The molecule has 7 heteroatoms. The molecule has 36 heavy (non-hydrogen) atoms. The van der Waals surface area contributed by atoms with Crippen molar-refractivity contribution in [2.24, 2.45) is 0 Å². The van der Waals surface area contributed by atoms with Crippen LogP contribution in [-0.2, 0) is 4.79 Å². The number of anilines is 1. The molecule has 2 aliphatic rings. The molecule has 1 aliphatic heterocycles. The van der Waals surface area contributed by atoms with Gasteiger partial charge in [-0.1, -0.05) is 6.07 Å². The number of nitrogens with one attached hydrogen (secondary N) is 1. The Hall–Kier alpha value is -4.26. The number of methoxy groups -OCH3 is 3. The molecular weight excluding hydrogens is 456 g/mol. The van der Waals surface area contributed by atoms with Crippen molar-refractivity contribution in [1.82, 2.24) is 4.98 Å². The fraction of sp³-hybridized carbons (Fsp3) is 0.241. The SMILES string of the molecule is COc1cc(C2C3=C(CC(c4ccco4)CC3=O)Nc3ccc4ncccc4c32)cc(OC)c1OC. The van der Waals surface area contributed by atoms with Gasteiger partial charge in [0.05, 0.1) is 33.1 Å². The number of ether oxygens (including phenoxy) is 3. The van der Waals surface area contributed by atoms with Crippen LogP contribution in [0.5, 0.6) is 17.2 Å². The van der Waals surface area contributed by atoms with E-state index in [-0.39, 0.29) is 17.6 Å². The Morgan fingerprint density at radius 2 is 1.78 bits per heavy atom. The van der Waals surface area contributed by atoms with Gasteiger partial charge in [-0.25, -0.2) is 0 Å². The number of hydrogen-bond donors (Lipinski definition) is 1. The molecule has 0 amide bonds. The number of carbonyl (C=O) groups excluding carboxylic acids is 1. The lowest BCUT2D eigenvalue weighted by atomic mass is 9.72. The largest absolute Gasteiger partial charge is 0.493 e. The molecule has 1 N–H and O–H groups in total. The Bertz CT molecular complexity index is 1480. The monoisotopic (exact) mass is 482 g/mol. The Morgan fingerprint density at radius 1 is 0.972 bits per heavy atom. The molecular formula is C29H26N2O5. The minimum Gasteiger partial charge on any atom is -0.493 e. The molecule has 0 spiro atoms. The summed E-state index contributed by atoms with van der Waals surface area (Å²) in [6, 6.07) is 15.7. The second-order valence-electron chi connectivity index (χ2n) is 9.05. The summed E-state index contributed by atoms with van der Waals surface area (Å²) in [5, 5.41) is 4.59. The number of pyridine rings is 1. The van der Waals surface area contributed by atoms with E-state index in [4.69, 9.17) is 18.6 Å². The van der Waals surface area contributed by atoms with Crippen molar-refractivity contribution in [3.05, 3.63) is 89.1 Å². The second-order valence-corrected chi connectivity index (χ2v) is 9.05. The quantitative estimate of drug-likeness (QED) is 0.384. The first-order chi connectivity index (χ1) is 17.6. The molecule has 2 aromatic carbocycles. The molecule has 2 aromatic heterocycles. The first-order valence-corrected chi connectivity index (χ1v) is 11.9. The molecule has 6 rings (SSSR count). The van der Waals surface area contributed by atoms with E-state index in [1.807, 2.05) is 42.5 Å². The highest BCUT2D eigenvalue weighted by Gasteiger charge is 2.40. The summed E-state index contributed by atoms with van der Waals surface area (Å²) in [6.07, 6.45) is 4.50. The lowest BCUT2D eigenvalue weighted by Crippen LogP contribution is -2.30. The average Bonchev–Trinajstić information content (AvgIpc) is 3.46. The normalized spacial score (nSPS) is 18.9. The standard InChI is InChI=1S/C29H26N2O5/c1-33-24-14-17(15-25(34-2)29(24)35-3)26-27-18-6-4-10-30-19(18)8-9-20(27)31-21-12-16(13-22(32)28(21)26)23-7-5-11-36-23/h4-11,14-16,26,31H,12-13H2,1-3H3. The van der Waals surface area contributed by atoms with Gasteiger partial charge >= 0.3 is 0 Å². The van der Waals surface area contributed by atoms with Gasteiger partial charge in [-0.2, -0.15) is 0 Å². The van der Waals surface area contributed by atoms with Gasteiger partial charge in [-0.05, 0) is 60.0 Å². The fourth-order valence-corrected chi connectivity index (χ4v) is 5.61. The topological polar surface area (TPSA) is 82.8 Å². The number of benzene rings is 2. The molecule has 0 fully saturated rings. The van der Waals surface area contributed by atoms with Gasteiger partial charge in [-0.3, -0.25) is 9.78 Å². The van der Waals surface area contributed by atoms with Crippen LogP contribution in [0.25, 0.3) is 10.9 Å². The lowest BCUT2D eigenvalue weighted by Gasteiger charge is -2.37. The summed E-state index contributed by atoms with van der Waals surface area (Å²) >= 11 is 0. The van der Waals surface area contributed by atoms with Crippen molar-refractivity contribution < 1.29 is 23.4 Å². The lowest BCUT2D eigenvalue weighted by molar-refractivity contribution is -0.116. The highest BCUT2D eigenvalue weighted by molar-refractivity contribution is 6.04. The predicted molar refractivity (Wildman–Crippen MR) is 136 cm³/mol. The zero-order chi connectivity index (χ0) is 24.8. The van der Waals surface area contributed by atoms with Crippen LogP contribution in [0.15, 0.2) is 76.7 Å². The van der Waals surface area contributed by atoms with E-state index in [1.54, 1.807) is 33.8 Å². The average molecular weight is 483 g/mol. The number of Topliss-reactive ketones (excluding diaryl/α,β-unsaturated/α-hetero) is 1. The van der Waals surface area contributed by atoms with Crippen molar-refractivity contribution in [2.45, 2.75) is 24.7 Å². The summed E-state index contributed by atoms with van der Waals surface area (Å²) in [6.45, 7) is 0. The van der Waals surface area contributed by atoms with E-state index < -0.39 is 0 Å². The predicted octanol–water partition coefficient (Wildman–Crippen LogP) is 5.81. The van der Waals surface area contributed by atoms with E-state index >= 15 is 0 Å². The maximum absolute atomic E-state index is 13.9. The summed E-state index contributed by atoms with van der Waals surface area (Å²) in [5.74, 6) is 2.18. The van der Waals surface area contributed by atoms with Gasteiger partial charge in [0, 0.05) is 46.8 Å². The first-order valence-electron chi connectivity index (χ1n) is 11.9. The Balaban J connectivity index is 1.60. The molecule has 7 nitrogen and oxygen atoms in total. The van der Waals surface area contributed by atoms with Crippen molar-refractivity contribution in [2.75, 3.05) is 26.6 Å². The van der Waals surface area contributed by atoms with Crippen LogP contribution in [0.2, 0.25) is 0 Å². The van der Waals surface area contributed by atoms with Gasteiger partial charge in [-0.15, -0.1) is 0 Å². The van der Waals surface area contributed by atoms with Crippen molar-refractivity contribution >= 4 is 22.4 Å². The van der Waals surface area contributed by atoms with Crippen LogP contribution in [-0.4, -0.2) is 32.1 Å². The van der Waals surface area contributed by atoms with E-state index in [0.717, 1.165) is 44.7 Å². The third kappa shape index (κ3) is 3.42. The van der Waals surface area contributed by atoms with E-state index in [9.17, 15) is 4.79 Å². The summed E-state index contributed by atoms with van der Waals surface area (Å²) in [7, 11) is 4.78. The maximum atomic E-state index is 13.9. The molecule has 0 radical (unpaired) electrons. The van der Waals surface area contributed by atoms with Crippen LogP contribution < -0.4 is 19.5 Å². The summed E-state index contributed by atoms with van der Waals surface area (Å²) in [4.78, 5) is 18.4. The number of furan rings is 1. The number of aromatic nitrogens is 1. The molecule has 1 aliphatic carbocycles. The summed E-state index contributed by atoms with van der Waals surface area (Å²) in [5.41, 5.74) is 5.41. The van der Waals surface area contributed by atoms with E-state index in [1.165, 1.54) is 0 Å². The van der Waals surface area contributed by atoms with Crippen LogP contribution in [0.1, 0.15) is 41.6 Å². The molecule has 0 saturated carbocycles. The molecule has 3 heterocycles. The zero-order valence-corrected chi connectivity index (χ0v) is 20.3. The Labute approximate surface area is 208 Å². The van der Waals surface area contributed by atoms with Crippen LogP contribution >= 0.6 is 0 Å². The molecule has 182 valence electrons. The van der Waals surface area contributed by atoms with Crippen molar-refractivity contribution in [1.29, 1.82) is 0 Å². The maximum Gasteiger partial charge on any atom is 0.203 e. The molecule has 0 bridgehead atoms. The minimum absolute atomic E-state index is 0.0111. The van der Waals surface area contributed by atoms with Crippen LogP contribution in [0.3, 0.4) is 0 Å². The zero-order valence-electron chi connectivity index (χ0n) is 20.3. The molecule has 2 unspecified atom stereocenters. The van der Waals surface area contributed by atoms with E-state index in [2.05, 4.69) is 16.4 Å². The number of allylic oxidation sites excluding steroid dienone is 2. The number of ketones is 1. The molecule has 0 saturated heterocycles. The Kier molecular flexibility index (Phi) is 5.40. The first kappa shape index (κ1) is 22.2. The number of rotatable bonds is 5. The third-order valence-corrected chi connectivity index (χ3v) is 7.16. The van der Waals surface area contributed by atoms with Crippen molar-refractivity contribution in [3.63, 3.8) is 0 Å². The molecule has 2 atom stereocenters. The Morgan fingerprint density at radius 3 is 2.47 bits per heavy atom. The van der Waals surface area contributed by atoms with Gasteiger partial charge in [0.2, 0.25) is 5.75 Å². The highest BCUT2D eigenvalue weighted by atomic mass is 16.5. The second kappa shape index (κ2) is 8.75. The minimum atomic E-state index is -0.331. The number of nitrogens with zero attached hydrogens (tertiary/aromatic N) is 1. The number of hydrogen-bond acceptors (Lipinski definition) is 7. The van der Waals surface area contributed by atoms with Crippen molar-refractivity contribution in [3.8, 4) is 17.2 Å². The fourth-order valence-electron chi connectivity index (χ4n) is 5.61. The van der Waals surface area contributed by atoms with Gasteiger partial charge in [0.15, 0.2) is 17.3 Å². The smallest absolute Gasteiger partial charge is 0.203 e. The highest BCUT2D eigenvalue weighted by Crippen LogP contribution is 2.52. The number of carbonyl (C=O) groups is 1. The molecule has 4 aromatic rings. The third-order valence-electron chi connectivity index (χ3n) is 7.16. The number of fused-ring (bicyclic) bond motifs is 3. The van der Waals surface area contributed by atoms with Crippen LogP contribution in [0.4, 0.5) is 5.69 Å². The summed E-state index contributed by atoms with van der Waals surface area (Å²) < 4.78 is 22.6. The van der Waals surface area contributed by atoms with E-state index in [0.29, 0.717) is 30.1 Å². The van der Waals surface area contributed by atoms with Crippen LogP contribution in [0, 0.1) is 0 Å². The van der Waals surface area contributed by atoms with Gasteiger partial charge in [0.1, 0.15) is 5.76 Å². The van der Waals surface area contributed by atoms with Gasteiger partial charge < -0.3 is 23.9 Å².